The van der Waals surface area contributed by atoms with Gasteiger partial charge in [-0.3, -0.25) is 4.79 Å². The molecule has 0 aliphatic heterocycles. The first-order chi connectivity index (χ1) is 9.93. The maximum Gasteiger partial charge on any atom is 0.322 e. The molecule has 2 rings (SSSR count). The fourth-order valence-corrected chi connectivity index (χ4v) is 3.29. The number of methoxy groups -OCH3 is 1. The molecule has 1 aromatic heterocycles. The second kappa shape index (κ2) is 7.30. The third kappa shape index (κ3) is 3.91. The number of fused-ring (bicyclic) bond motifs is 1. The maximum atomic E-state index is 11.4. The number of ether oxygens (including phenoxy) is 2. The van der Waals surface area contributed by atoms with Crippen molar-refractivity contribution in [3.63, 3.8) is 0 Å². The van der Waals surface area contributed by atoms with Crippen LogP contribution >= 0.6 is 61.7 Å². The predicted octanol–water partition coefficient (Wildman–Crippen LogP) is 4.46. The Balaban J connectivity index is 2.39. The van der Waals surface area contributed by atoms with E-state index in [9.17, 15) is 4.79 Å². The average Bonchev–Trinajstić information content (AvgIpc) is 2.45. The van der Waals surface area contributed by atoms with Crippen molar-refractivity contribution in [3.8, 4) is 5.75 Å². The Kier molecular flexibility index (Phi) is 5.93. The van der Waals surface area contributed by atoms with E-state index in [2.05, 4.69) is 48.2 Å². The van der Waals surface area contributed by atoms with Crippen molar-refractivity contribution < 1.29 is 14.3 Å². The Hall–Kier alpha value is -0.310. The largest absolute Gasteiger partial charge is 0.488 e. The van der Waals surface area contributed by atoms with Crippen LogP contribution in [0.2, 0.25) is 10.2 Å². The van der Waals surface area contributed by atoms with E-state index in [-0.39, 0.29) is 6.61 Å². The summed E-state index contributed by atoms with van der Waals surface area (Å²) in [6.07, 6.45) is 0. The molecule has 0 radical (unpaired) electrons. The monoisotopic (exact) mass is 503 g/mol. The first-order valence-electron chi connectivity index (χ1n) is 5.73. The number of pyridine rings is 1. The maximum absolute atomic E-state index is 11.4. The molecule has 1 unspecified atom stereocenters. The summed E-state index contributed by atoms with van der Waals surface area (Å²) in [4.78, 5) is 15.1. The highest BCUT2D eigenvalue weighted by molar-refractivity contribution is 14.1. The Morgan fingerprint density at radius 3 is 2.86 bits per heavy atom. The third-order valence-corrected chi connectivity index (χ3v) is 4.60. The van der Waals surface area contributed by atoms with Gasteiger partial charge < -0.3 is 9.47 Å². The van der Waals surface area contributed by atoms with Crippen molar-refractivity contribution in [3.05, 3.63) is 31.9 Å². The first kappa shape index (κ1) is 17.1. The van der Waals surface area contributed by atoms with Crippen LogP contribution < -0.4 is 4.74 Å². The van der Waals surface area contributed by atoms with E-state index in [1.807, 2.05) is 0 Å². The topological polar surface area (TPSA) is 48.4 Å². The molecule has 0 bridgehead atoms. The van der Waals surface area contributed by atoms with Crippen molar-refractivity contribution in [1.82, 2.24) is 4.98 Å². The molecule has 1 atom stereocenters. The number of hydrogen-bond acceptors (Lipinski definition) is 4. The normalized spacial score (nSPS) is 12.2. The van der Waals surface area contributed by atoms with Gasteiger partial charge in [-0.15, -0.1) is 0 Å². The van der Waals surface area contributed by atoms with Crippen LogP contribution in [0.5, 0.6) is 5.75 Å². The molecule has 1 aromatic carbocycles. The zero-order valence-electron chi connectivity index (χ0n) is 10.7. The van der Waals surface area contributed by atoms with Crippen LogP contribution in [0, 0.1) is 3.57 Å². The van der Waals surface area contributed by atoms with E-state index < -0.39 is 10.8 Å². The van der Waals surface area contributed by atoms with Crippen molar-refractivity contribution in [2.75, 3.05) is 13.7 Å². The first-order valence-corrected chi connectivity index (χ1v) is 8.48. The van der Waals surface area contributed by atoms with Gasteiger partial charge >= 0.3 is 5.97 Å². The van der Waals surface area contributed by atoms with Gasteiger partial charge in [0.25, 0.3) is 0 Å². The molecule has 112 valence electrons. The lowest BCUT2D eigenvalue weighted by molar-refractivity contribution is -0.140. The van der Waals surface area contributed by atoms with Crippen LogP contribution in [-0.4, -0.2) is 29.5 Å². The second-order valence-electron chi connectivity index (χ2n) is 4.00. The number of carbonyl (C=O) groups excluding carboxylic acids is 1. The summed E-state index contributed by atoms with van der Waals surface area (Å²) >= 11 is 17.4. The molecule has 0 N–H and O–H groups in total. The summed E-state index contributed by atoms with van der Waals surface area (Å²) in [5.74, 6) is 0.125. The molecule has 0 fully saturated rings. The number of hydrogen-bond donors (Lipinski definition) is 0. The summed E-state index contributed by atoms with van der Waals surface area (Å²) in [5, 5.41) is 1.64. The molecule has 0 saturated heterocycles. The van der Waals surface area contributed by atoms with Crippen LogP contribution in [0.1, 0.15) is 0 Å². The number of esters is 1. The second-order valence-corrected chi connectivity index (χ2v) is 7.06. The molecule has 4 nitrogen and oxygen atoms in total. The fraction of sp³-hybridized carbons (Fsp3) is 0.231. The van der Waals surface area contributed by atoms with E-state index >= 15 is 0 Å². The summed E-state index contributed by atoms with van der Waals surface area (Å²) in [7, 11) is 1.32. The Labute approximate surface area is 153 Å². The van der Waals surface area contributed by atoms with E-state index in [4.69, 9.17) is 27.9 Å². The van der Waals surface area contributed by atoms with Gasteiger partial charge in [0.15, 0.2) is 5.75 Å². The lowest BCUT2D eigenvalue weighted by atomic mass is 10.2. The molecule has 0 saturated carbocycles. The number of halogens is 4. The van der Waals surface area contributed by atoms with E-state index in [1.54, 1.807) is 18.2 Å². The highest BCUT2D eigenvalue weighted by Gasteiger charge is 2.19. The zero-order valence-corrected chi connectivity index (χ0v) is 16.0. The highest BCUT2D eigenvalue weighted by atomic mass is 127. The molecule has 0 amide bonds. The molecule has 1 heterocycles. The number of carbonyl (C=O) groups is 1. The number of alkyl halides is 1. The molecule has 21 heavy (non-hydrogen) atoms. The smallest absolute Gasteiger partial charge is 0.322 e. The highest BCUT2D eigenvalue weighted by Crippen LogP contribution is 2.35. The van der Waals surface area contributed by atoms with Crippen LogP contribution in [0.25, 0.3) is 10.9 Å². The van der Waals surface area contributed by atoms with Crippen LogP contribution in [0.15, 0.2) is 18.2 Å². The summed E-state index contributed by atoms with van der Waals surface area (Å²) in [6, 6.07) is 5.22. The Morgan fingerprint density at radius 2 is 2.19 bits per heavy atom. The van der Waals surface area contributed by atoms with Gasteiger partial charge in [-0.1, -0.05) is 39.1 Å². The molecule has 8 heteroatoms. The lowest BCUT2D eigenvalue weighted by Crippen LogP contribution is -2.23. The molecule has 0 aliphatic carbocycles. The van der Waals surface area contributed by atoms with Gasteiger partial charge in [0, 0.05) is 5.39 Å². The summed E-state index contributed by atoms with van der Waals surface area (Å²) in [6.45, 7) is 0.105. The van der Waals surface area contributed by atoms with Crippen molar-refractivity contribution >= 4 is 78.6 Å². The standard InChI is InChI=1S/C13H9BrCl2INO3/c1-20-13(19)7(14)5-21-12-9(17)4-8(15)6-2-3-10(16)18-11(6)12/h2-4,7H,5H2,1H3. The Morgan fingerprint density at radius 1 is 1.48 bits per heavy atom. The van der Waals surface area contributed by atoms with Crippen molar-refractivity contribution in [1.29, 1.82) is 0 Å². The minimum Gasteiger partial charge on any atom is -0.488 e. The van der Waals surface area contributed by atoms with Gasteiger partial charge in [0.05, 0.1) is 15.7 Å². The number of benzene rings is 1. The van der Waals surface area contributed by atoms with Gasteiger partial charge in [-0.2, -0.15) is 0 Å². The van der Waals surface area contributed by atoms with Crippen molar-refractivity contribution in [2.45, 2.75) is 4.83 Å². The average molecular weight is 505 g/mol. The third-order valence-electron chi connectivity index (χ3n) is 2.63. The Bertz CT molecular complexity index is 699. The minimum absolute atomic E-state index is 0.105. The molecule has 2 aromatic rings. The van der Waals surface area contributed by atoms with Crippen LogP contribution in [0.3, 0.4) is 0 Å². The summed E-state index contributed by atoms with van der Waals surface area (Å²) in [5.41, 5.74) is 0.559. The number of aromatic nitrogens is 1. The molecule has 0 aliphatic rings. The SMILES string of the molecule is COC(=O)C(Br)COc1c(I)cc(Cl)c2ccc(Cl)nc12. The molecule has 0 spiro atoms. The number of nitrogens with zero attached hydrogens (tertiary/aromatic N) is 1. The fourth-order valence-electron chi connectivity index (χ4n) is 1.66. The quantitative estimate of drug-likeness (QED) is 0.267. The van der Waals surface area contributed by atoms with E-state index in [0.29, 0.717) is 21.4 Å². The number of rotatable bonds is 4. The lowest BCUT2D eigenvalue weighted by Gasteiger charge is -2.14. The zero-order chi connectivity index (χ0) is 15.6. The summed E-state index contributed by atoms with van der Waals surface area (Å²) < 4.78 is 11.1. The van der Waals surface area contributed by atoms with E-state index in [0.717, 1.165) is 8.96 Å². The van der Waals surface area contributed by atoms with Gasteiger partial charge in [-0.25, -0.2) is 4.98 Å². The van der Waals surface area contributed by atoms with Crippen LogP contribution in [-0.2, 0) is 9.53 Å². The van der Waals surface area contributed by atoms with Gasteiger partial charge in [0.2, 0.25) is 0 Å². The van der Waals surface area contributed by atoms with Crippen LogP contribution in [0.4, 0.5) is 0 Å². The van der Waals surface area contributed by atoms with Gasteiger partial charge in [-0.05, 0) is 40.8 Å². The van der Waals surface area contributed by atoms with Crippen molar-refractivity contribution in [2.24, 2.45) is 0 Å². The molecular weight excluding hydrogens is 496 g/mol. The van der Waals surface area contributed by atoms with E-state index in [1.165, 1.54) is 7.11 Å². The van der Waals surface area contributed by atoms with Gasteiger partial charge in [0.1, 0.15) is 22.1 Å². The molecular formula is C13H9BrCl2INO3. The minimum atomic E-state index is -0.566. The predicted molar refractivity (Wildman–Crippen MR) is 94.7 cm³/mol.